The highest BCUT2D eigenvalue weighted by molar-refractivity contribution is 7.89. The second-order valence-corrected chi connectivity index (χ2v) is 8.63. The van der Waals surface area contributed by atoms with Crippen molar-refractivity contribution in [3.63, 3.8) is 0 Å². The van der Waals surface area contributed by atoms with Gasteiger partial charge < -0.3 is 14.8 Å². The number of methoxy groups -OCH3 is 1. The van der Waals surface area contributed by atoms with Crippen LogP contribution in [0.4, 0.5) is 5.69 Å². The van der Waals surface area contributed by atoms with Gasteiger partial charge in [0.25, 0.3) is 0 Å². The molecule has 0 aromatic heterocycles. The van der Waals surface area contributed by atoms with Gasteiger partial charge in [-0.25, -0.2) is 8.42 Å². The smallest absolute Gasteiger partial charge is 0.248 e. The predicted molar refractivity (Wildman–Crippen MR) is 112 cm³/mol. The number of halogens is 1. The fraction of sp³-hybridized carbons (Fsp3) is 0.250. The summed E-state index contributed by atoms with van der Waals surface area (Å²) in [6, 6.07) is 11.4. The highest BCUT2D eigenvalue weighted by atomic mass is 35.5. The SMILES string of the molecule is COc1ccc(S(=O)(=O)N2CCOCC2)cc1NC(=O)/C=C/c1cccc(Cl)c1. The normalized spacial score (nSPS) is 15.4. The molecule has 0 saturated carbocycles. The molecule has 3 rings (SSSR count). The van der Waals surface area contributed by atoms with E-state index < -0.39 is 15.9 Å². The quantitative estimate of drug-likeness (QED) is 0.703. The van der Waals surface area contributed by atoms with Crippen molar-refractivity contribution < 1.29 is 22.7 Å². The van der Waals surface area contributed by atoms with Gasteiger partial charge in [0.2, 0.25) is 15.9 Å². The van der Waals surface area contributed by atoms with Gasteiger partial charge in [0.05, 0.1) is 30.9 Å². The molecule has 2 aromatic carbocycles. The van der Waals surface area contributed by atoms with Crippen LogP contribution in [0.3, 0.4) is 0 Å². The predicted octanol–water partition coefficient (Wildman–Crippen LogP) is 3.02. The molecular weight excluding hydrogens is 416 g/mol. The van der Waals surface area contributed by atoms with E-state index in [0.717, 1.165) is 5.56 Å². The number of rotatable bonds is 6. The molecule has 154 valence electrons. The van der Waals surface area contributed by atoms with Gasteiger partial charge in [-0.3, -0.25) is 4.79 Å². The first kappa shape index (κ1) is 21.3. The summed E-state index contributed by atoms with van der Waals surface area (Å²) in [5, 5.41) is 3.24. The Morgan fingerprint density at radius 2 is 1.97 bits per heavy atom. The molecule has 0 spiro atoms. The number of nitrogens with zero attached hydrogens (tertiary/aromatic N) is 1. The van der Waals surface area contributed by atoms with Crippen molar-refractivity contribution in [3.8, 4) is 5.75 Å². The van der Waals surface area contributed by atoms with Crippen LogP contribution in [-0.2, 0) is 19.6 Å². The largest absolute Gasteiger partial charge is 0.495 e. The Morgan fingerprint density at radius 3 is 2.66 bits per heavy atom. The Balaban J connectivity index is 1.81. The van der Waals surface area contributed by atoms with E-state index in [0.29, 0.717) is 37.1 Å². The minimum Gasteiger partial charge on any atom is -0.495 e. The molecule has 0 aliphatic carbocycles. The number of carbonyl (C=O) groups excluding carboxylic acids is 1. The van der Waals surface area contributed by atoms with Crippen molar-refractivity contribution in [1.82, 2.24) is 4.31 Å². The molecule has 7 nitrogen and oxygen atoms in total. The van der Waals surface area contributed by atoms with Crippen LogP contribution in [0.2, 0.25) is 5.02 Å². The van der Waals surface area contributed by atoms with E-state index in [1.54, 1.807) is 24.3 Å². The number of ether oxygens (including phenoxy) is 2. The van der Waals surface area contributed by atoms with E-state index in [1.165, 1.54) is 35.7 Å². The van der Waals surface area contributed by atoms with E-state index >= 15 is 0 Å². The maximum absolute atomic E-state index is 12.9. The standard InChI is InChI=1S/C20H21ClN2O5S/c1-27-19-7-6-17(29(25,26)23-9-11-28-12-10-23)14-18(19)22-20(24)8-5-15-3-2-4-16(21)13-15/h2-8,13-14H,9-12H2,1H3,(H,22,24)/b8-5+. The molecule has 1 saturated heterocycles. The lowest BCUT2D eigenvalue weighted by molar-refractivity contribution is -0.111. The number of hydrogen-bond acceptors (Lipinski definition) is 5. The van der Waals surface area contributed by atoms with Crippen molar-refractivity contribution in [2.45, 2.75) is 4.90 Å². The van der Waals surface area contributed by atoms with E-state index in [-0.39, 0.29) is 10.6 Å². The average molecular weight is 437 g/mol. The number of sulfonamides is 1. The number of nitrogens with one attached hydrogen (secondary N) is 1. The van der Waals surface area contributed by atoms with Gasteiger partial charge in [-0.15, -0.1) is 0 Å². The van der Waals surface area contributed by atoms with Crippen molar-refractivity contribution in [3.05, 3.63) is 59.1 Å². The highest BCUT2D eigenvalue weighted by Gasteiger charge is 2.27. The van der Waals surface area contributed by atoms with Gasteiger partial charge in [-0.2, -0.15) is 4.31 Å². The van der Waals surface area contributed by atoms with Crippen LogP contribution in [0, 0.1) is 0 Å². The zero-order valence-electron chi connectivity index (χ0n) is 15.8. The Labute approximate surface area is 174 Å². The average Bonchev–Trinajstić information content (AvgIpc) is 2.73. The summed E-state index contributed by atoms with van der Waals surface area (Å²) >= 11 is 5.93. The third-order valence-electron chi connectivity index (χ3n) is 4.31. The molecule has 2 aromatic rings. The van der Waals surface area contributed by atoms with Crippen LogP contribution >= 0.6 is 11.6 Å². The highest BCUT2D eigenvalue weighted by Crippen LogP contribution is 2.29. The number of benzene rings is 2. The first-order valence-electron chi connectivity index (χ1n) is 8.91. The van der Waals surface area contributed by atoms with E-state index in [1.807, 2.05) is 6.07 Å². The Kier molecular flexibility index (Phi) is 6.92. The lowest BCUT2D eigenvalue weighted by atomic mass is 10.2. The molecule has 1 amide bonds. The van der Waals surface area contributed by atoms with Crippen LogP contribution in [-0.4, -0.2) is 52.0 Å². The Bertz CT molecular complexity index is 1020. The molecule has 1 aliphatic heterocycles. The third-order valence-corrected chi connectivity index (χ3v) is 6.44. The molecule has 1 fully saturated rings. The lowest BCUT2D eigenvalue weighted by Crippen LogP contribution is -2.40. The second-order valence-electron chi connectivity index (χ2n) is 6.26. The van der Waals surface area contributed by atoms with E-state index in [9.17, 15) is 13.2 Å². The molecule has 1 heterocycles. The summed E-state index contributed by atoms with van der Waals surface area (Å²) in [5.41, 5.74) is 1.03. The van der Waals surface area contributed by atoms with E-state index in [4.69, 9.17) is 21.1 Å². The molecule has 0 unspecified atom stereocenters. The number of carbonyl (C=O) groups is 1. The maximum Gasteiger partial charge on any atom is 0.248 e. The summed E-state index contributed by atoms with van der Waals surface area (Å²) in [6.07, 6.45) is 2.95. The Morgan fingerprint density at radius 1 is 1.21 bits per heavy atom. The Hall–Kier alpha value is -2.39. The first-order valence-corrected chi connectivity index (χ1v) is 10.7. The van der Waals surface area contributed by atoms with Gasteiger partial charge in [-0.05, 0) is 42.0 Å². The topological polar surface area (TPSA) is 84.9 Å². The number of morpholine rings is 1. The summed E-state index contributed by atoms with van der Waals surface area (Å²) in [7, 11) is -2.24. The van der Waals surface area contributed by atoms with Crippen molar-refractivity contribution in [2.24, 2.45) is 0 Å². The molecule has 0 bridgehead atoms. The van der Waals surface area contributed by atoms with Gasteiger partial charge in [-0.1, -0.05) is 23.7 Å². The first-order chi connectivity index (χ1) is 13.9. The summed E-state index contributed by atoms with van der Waals surface area (Å²) in [5.74, 6) is -0.0698. The molecular formula is C20H21ClN2O5S. The van der Waals surface area contributed by atoms with E-state index in [2.05, 4.69) is 5.32 Å². The van der Waals surface area contributed by atoms with Gasteiger partial charge in [0.15, 0.2) is 0 Å². The maximum atomic E-state index is 12.9. The number of anilines is 1. The van der Waals surface area contributed by atoms with Crippen LogP contribution in [0.1, 0.15) is 5.56 Å². The molecule has 0 radical (unpaired) electrons. The minimum atomic E-state index is -3.69. The zero-order chi connectivity index (χ0) is 20.9. The van der Waals surface area contributed by atoms with Crippen LogP contribution < -0.4 is 10.1 Å². The van der Waals surface area contributed by atoms with Crippen molar-refractivity contribution in [1.29, 1.82) is 0 Å². The minimum absolute atomic E-state index is 0.0781. The van der Waals surface area contributed by atoms with Crippen LogP contribution in [0.15, 0.2) is 53.4 Å². The van der Waals surface area contributed by atoms with Gasteiger partial charge in [0, 0.05) is 24.2 Å². The molecule has 9 heteroatoms. The third kappa shape index (κ3) is 5.36. The van der Waals surface area contributed by atoms with Crippen LogP contribution in [0.5, 0.6) is 5.75 Å². The van der Waals surface area contributed by atoms with Crippen LogP contribution in [0.25, 0.3) is 6.08 Å². The molecule has 1 N–H and O–H groups in total. The van der Waals surface area contributed by atoms with Crippen molar-refractivity contribution in [2.75, 3.05) is 38.7 Å². The molecule has 1 aliphatic rings. The fourth-order valence-corrected chi connectivity index (χ4v) is 4.47. The summed E-state index contributed by atoms with van der Waals surface area (Å²) in [6.45, 7) is 1.29. The second kappa shape index (κ2) is 9.41. The fourth-order valence-electron chi connectivity index (χ4n) is 2.84. The summed E-state index contributed by atoms with van der Waals surface area (Å²) in [4.78, 5) is 12.4. The zero-order valence-corrected chi connectivity index (χ0v) is 17.4. The lowest BCUT2D eigenvalue weighted by Gasteiger charge is -2.26. The summed E-state index contributed by atoms with van der Waals surface area (Å²) < 4.78 is 37.5. The number of amides is 1. The monoisotopic (exact) mass is 436 g/mol. The van der Waals surface area contributed by atoms with Gasteiger partial charge in [0.1, 0.15) is 5.75 Å². The number of hydrogen-bond donors (Lipinski definition) is 1. The van der Waals surface area contributed by atoms with Gasteiger partial charge >= 0.3 is 0 Å². The van der Waals surface area contributed by atoms with Crippen molar-refractivity contribution >= 4 is 39.3 Å². The molecule has 0 atom stereocenters. The molecule has 29 heavy (non-hydrogen) atoms.